The van der Waals surface area contributed by atoms with Crippen molar-refractivity contribution in [3.63, 3.8) is 0 Å². The lowest BCUT2D eigenvalue weighted by atomic mass is 9.88. The number of halogens is 1. The molecular formula is C13H16FNO2. The smallest absolute Gasteiger partial charge is 0.338 e. The Labute approximate surface area is 100.0 Å². The molecule has 92 valence electrons. The van der Waals surface area contributed by atoms with Crippen molar-refractivity contribution >= 4 is 5.97 Å². The molecule has 1 aromatic carbocycles. The molecule has 1 aliphatic heterocycles. The monoisotopic (exact) mass is 237 g/mol. The van der Waals surface area contributed by atoms with E-state index in [1.165, 1.54) is 25.3 Å². The first-order valence-electron chi connectivity index (χ1n) is 5.81. The summed E-state index contributed by atoms with van der Waals surface area (Å²) in [6.07, 6.45) is 2.02. The van der Waals surface area contributed by atoms with Crippen molar-refractivity contribution in [3.8, 4) is 0 Å². The van der Waals surface area contributed by atoms with Gasteiger partial charge in [0, 0.05) is 6.54 Å². The second-order valence-electron chi connectivity index (χ2n) is 4.27. The Morgan fingerprint density at radius 2 is 2.35 bits per heavy atom. The summed E-state index contributed by atoms with van der Waals surface area (Å²) in [6.45, 7) is 1.77. The third kappa shape index (κ3) is 2.64. The SMILES string of the molecule is COC(=O)c1ccc(F)cc1C1CCCNC1. The van der Waals surface area contributed by atoms with Crippen LogP contribution in [0.15, 0.2) is 18.2 Å². The van der Waals surface area contributed by atoms with E-state index in [0.717, 1.165) is 31.5 Å². The van der Waals surface area contributed by atoms with Gasteiger partial charge in [0.1, 0.15) is 5.82 Å². The summed E-state index contributed by atoms with van der Waals surface area (Å²) >= 11 is 0. The van der Waals surface area contributed by atoms with E-state index in [-0.39, 0.29) is 11.7 Å². The van der Waals surface area contributed by atoms with Gasteiger partial charge in [-0.1, -0.05) is 0 Å². The van der Waals surface area contributed by atoms with Crippen molar-refractivity contribution < 1.29 is 13.9 Å². The maximum atomic E-state index is 13.3. The fourth-order valence-electron chi connectivity index (χ4n) is 2.28. The average molecular weight is 237 g/mol. The first-order valence-corrected chi connectivity index (χ1v) is 5.81. The van der Waals surface area contributed by atoms with E-state index in [4.69, 9.17) is 4.74 Å². The first-order chi connectivity index (χ1) is 8.22. The number of hydrogen-bond donors (Lipinski definition) is 1. The fraction of sp³-hybridized carbons (Fsp3) is 0.462. The molecule has 4 heteroatoms. The minimum absolute atomic E-state index is 0.188. The summed E-state index contributed by atoms with van der Waals surface area (Å²) in [4.78, 5) is 11.6. The summed E-state index contributed by atoms with van der Waals surface area (Å²) in [5.74, 6) is -0.516. The van der Waals surface area contributed by atoms with Gasteiger partial charge >= 0.3 is 5.97 Å². The van der Waals surface area contributed by atoms with Crippen molar-refractivity contribution in [2.24, 2.45) is 0 Å². The number of hydrogen-bond acceptors (Lipinski definition) is 3. The highest BCUT2D eigenvalue weighted by Gasteiger charge is 2.22. The zero-order chi connectivity index (χ0) is 12.3. The second-order valence-corrected chi connectivity index (χ2v) is 4.27. The van der Waals surface area contributed by atoms with Crippen LogP contribution in [0.1, 0.15) is 34.7 Å². The Hall–Kier alpha value is -1.42. The highest BCUT2D eigenvalue weighted by Crippen LogP contribution is 2.27. The zero-order valence-electron chi connectivity index (χ0n) is 9.83. The molecule has 0 aromatic heterocycles. The number of methoxy groups -OCH3 is 1. The van der Waals surface area contributed by atoms with Crippen LogP contribution in [0.25, 0.3) is 0 Å². The van der Waals surface area contributed by atoms with Gasteiger partial charge in [-0.05, 0) is 49.1 Å². The predicted octanol–water partition coefficient (Wildman–Crippen LogP) is 2.08. The average Bonchev–Trinajstić information content (AvgIpc) is 2.39. The molecule has 1 saturated heterocycles. The topological polar surface area (TPSA) is 38.3 Å². The molecule has 0 aliphatic carbocycles. The molecule has 1 aliphatic rings. The van der Waals surface area contributed by atoms with Crippen molar-refractivity contribution in [2.45, 2.75) is 18.8 Å². The van der Waals surface area contributed by atoms with E-state index in [2.05, 4.69) is 5.32 Å². The quantitative estimate of drug-likeness (QED) is 0.800. The molecule has 17 heavy (non-hydrogen) atoms. The van der Waals surface area contributed by atoms with E-state index < -0.39 is 5.97 Å². The number of nitrogens with one attached hydrogen (secondary N) is 1. The maximum Gasteiger partial charge on any atom is 0.338 e. The first kappa shape index (κ1) is 12.0. The maximum absolute atomic E-state index is 13.3. The summed E-state index contributed by atoms with van der Waals surface area (Å²) in [7, 11) is 1.34. The van der Waals surface area contributed by atoms with Crippen LogP contribution in [-0.4, -0.2) is 26.2 Å². The second kappa shape index (κ2) is 5.27. The van der Waals surface area contributed by atoms with Crippen molar-refractivity contribution in [1.29, 1.82) is 0 Å². The molecule has 1 atom stereocenters. The summed E-state index contributed by atoms with van der Waals surface area (Å²) < 4.78 is 18.0. The highest BCUT2D eigenvalue weighted by molar-refractivity contribution is 5.91. The number of carbonyl (C=O) groups excluding carboxylic acids is 1. The Kier molecular flexibility index (Phi) is 3.74. The van der Waals surface area contributed by atoms with Crippen molar-refractivity contribution in [1.82, 2.24) is 5.32 Å². The molecule has 1 aromatic rings. The van der Waals surface area contributed by atoms with Crippen LogP contribution in [0.5, 0.6) is 0 Å². The Bertz CT molecular complexity index is 414. The van der Waals surface area contributed by atoms with Gasteiger partial charge < -0.3 is 10.1 Å². The molecule has 2 rings (SSSR count). The molecule has 1 heterocycles. The molecule has 0 amide bonds. The lowest BCUT2D eigenvalue weighted by molar-refractivity contribution is 0.0598. The number of carbonyl (C=O) groups is 1. The number of rotatable bonds is 2. The van der Waals surface area contributed by atoms with Crippen LogP contribution in [0.4, 0.5) is 4.39 Å². The molecule has 0 bridgehead atoms. The number of piperidine rings is 1. The summed E-state index contributed by atoms with van der Waals surface area (Å²) in [5.41, 5.74) is 1.23. The van der Waals surface area contributed by atoms with E-state index in [0.29, 0.717) is 5.56 Å². The largest absolute Gasteiger partial charge is 0.465 e. The lowest BCUT2D eigenvalue weighted by Gasteiger charge is -2.24. The van der Waals surface area contributed by atoms with Gasteiger partial charge in [-0.2, -0.15) is 0 Å². The van der Waals surface area contributed by atoms with Gasteiger partial charge in [0.25, 0.3) is 0 Å². The van der Waals surface area contributed by atoms with Gasteiger partial charge in [0.15, 0.2) is 0 Å². The molecule has 0 radical (unpaired) electrons. The van der Waals surface area contributed by atoms with Crippen LogP contribution < -0.4 is 5.32 Å². The molecule has 1 N–H and O–H groups in total. The minimum Gasteiger partial charge on any atom is -0.465 e. The number of esters is 1. The zero-order valence-corrected chi connectivity index (χ0v) is 9.83. The number of benzene rings is 1. The standard InChI is InChI=1S/C13H16FNO2/c1-17-13(16)11-5-4-10(14)7-12(11)9-3-2-6-15-8-9/h4-5,7,9,15H,2-3,6,8H2,1H3. The van der Waals surface area contributed by atoms with E-state index in [9.17, 15) is 9.18 Å². The molecular weight excluding hydrogens is 221 g/mol. The van der Waals surface area contributed by atoms with E-state index in [1.807, 2.05) is 0 Å². The molecule has 0 spiro atoms. The van der Waals surface area contributed by atoms with Crippen LogP contribution in [-0.2, 0) is 4.74 Å². The van der Waals surface area contributed by atoms with Crippen molar-refractivity contribution in [3.05, 3.63) is 35.1 Å². The number of ether oxygens (including phenoxy) is 1. The summed E-state index contributed by atoms with van der Waals surface area (Å²) in [6, 6.07) is 4.25. The molecule has 1 fully saturated rings. The van der Waals surface area contributed by atoms with E-state index in [1.54, 1.807) is 0 Å². The third-order valence-electron chi connectivity index (χ3n) is 3.16. The van der Waals surface area contributed by atoms with Gasteiger partial charge in [-0.25, -0.2) is 9.18 Å². The molecule has 0 saturated carbocycles. The fourth-order valence-corrected chi connectivity index (χ4v) is 2.28. The third-order valence-corrected chi connectivity index (χ3v) is 3.16. The van der Waals surface area contributed by atoms with E-state index >= 15 is 0 Å². The van der Waals surface area contributed by atoms with Gasteiger partial charge in [-0.3, -0.25) is 0 Å². The van der Waals surface area contributed by atoms with Gasteiger partial charge in [0.2, 0.25) is 0 Å². The van der Waals surface area contributed by atoms with Gasteiger partial charge in [0.05, 0.1) is 12.7 Å². The Morgan fingerprint density at radius 1 is 1.53 bits per heavy atom. The normalized spacial score (nSPS) is 20.0. The van der Waals surface area contributed by atoms with Gasteiger partial charge in [-0.15, -0.1) is 0 Å². The molecule has 3 nitrogen and oxygen atoms in total. The summed E-state index contributed by atoms with van der Waals surface area (Å²) in [5, 5.41) is 3.26. The Morgan fingerprint density at radius 3 is 3.00 bits per heavy atom. The van der Waals surface area contributed by atoms with Crippen LogP contribution in [0.3, 0.4) is 0 Å². The van der Waals surface area contributed by atoms with Crippen LogP contribution >= 0.6 is 0 Å². The highest BCUT2D eigenvalue weighted by atomic mass is 19.1. The predicted molar refractivity (Wildman–Crippen MR) is 62.6 cm³/mol. The minimum atomic E-state index is -0.398. The Balaban J connectivity index is 2.35. The lowest BCUT2D eigenvalue weighted by Crippen LogP contribution is -2.29. The van der Waals surface area contributed by atoms with Crippen molar-refractivity contribution in [2.75, 3.05) is 20.2 Å². The molecule has 1 unspecified atom stereocenters. The van der Waals surface area contributed by atoms with Crippen LogP contribution in [0.2, 0.25) is 0 Å². The van der Waals surface area contributed by atoms with Crippen LogP contribution in [0, 0.1) is 5.82 Å².